The molecule has 0 saturated carbocycles. The molecule has 8 heteroatoms. The number of ether oxygens (including phenoxy) is 1. The topological polar surface area (TPSA) is 99.0 Å². The molecule has 166 valence electrons. The average Bonchev–Trinajstić information content (AvgIpc) is 3.09. The van der Waals surface area contributed by atoms with Crippen LogP contribution >= 0.6 is 0 Å². The van der Waals surface area contributed by atoms with Gasteiger partial charge in [0.05, 0.1) is 5.56 Å². The number of nitrogens with one attached hydrogen (secondary N) is 1. The molecule has 2 unspecified atom stereocenters. The molecule has 6 nitrogen and oxygen atoms in total. The highest BCUT2D eigenvalue weighted by Crippen LogP contribution is 2.44. The molecule has 2 atom stereocenters. The van der Waals surface area contributed by atoms with Crippen LogP contribution in [0.2, 0.25) is 0 Å². The van der Waals surface area contributed by atoms with E-state index in [0.29, 0.717) is 12.1 Å². The molecule has 0 heterocycles. The summed E-state index contributed by atoms with van der Waals surface area (Å²) in [5.41, 5.74) is 3.43. The Morgan fingerprint density at radius 3 is 2.06 bits per heavy atom. The molecule has 1 aliphatic rings. The highest BCUT2D eigenvalue weighted by atomic mass is 19.1. The van der Waals surface area contributed by atoms with Crippen molar-refractivity contribution >= 4 is 6.09 Å². The lowest BCUT2D eigenvalue weighted by atomic mass is 9.98. The van der Waals surface area contributed by atoms with Crippen LogP contribution in [-0.2, 0) is 4.74 Å². The minimum absolute atomic E-state index is 0.0553. The van der Waals surface area contributed by atoms with E-state index in [0.717, 1.165) is 22.3 Å². The first-order chi connectivity index (χ1) is 15.4. The van der Waals surface area contributed by atoms with Crippen molar-refractivity contribution in [1.82, 2.24) is 5.32 Å². The molecule has 32 heavy (non-hydrogen) atoms. The van der Waals surface area contributed by atoms with Gasteiger partial charge in [0.25, 0.3) is 0 Å². The van der Waals surface area contributed by atoms with Crippen LogP contribution < -0.4 is 5.32 Å². The number of phenols is 1. The number of amides is 1. The van der Waals surface area contributed by atoms with Gasteiger partial charge in [0.1, 0.15) is 36.2 Å². The fourth-order valence-corrected chi connectivity index (χ4v) is 3.99. The Balaban J connectivity index is 1.36. The number of fused-ring (bicyclic) bond motifs is 3. The standard InChI is InChI=1S/C24H21F2NO5/c25-19-9-13(28)10-20(26)22(19)23(30)21(29)11-27-24(31)32-12-18-16-7-3-1-5-14(16)15-6-2-4-8-17(15)18/h1-10,18,21,23,28-30H,11-12H2,(H,27,31). The molecule has 4 rings (SSSR count). The van der Waals surface area contributed by atoms with Crippen molar-refractivity contribution in [2.75, 3.05) is 13.2 Å². The summed E-state index contributed by atoms with van der Waals surface area (Å²) in [5.74, 6) is -3.23. The molecular formula is C24H21F2NO5. The largest absolute Gasteiger partial charge is 0.508 e. The minimum atomic E-state index is -1.95. The van der Waals surface area contributed by atoms with E-state index in [1.54, 1.807) is 0 Å². The third-order valence-electron chi connectivity index (χ3n) is 5.52. The summed E-state index contributed by atoms with van der Waals surface area (Å²) >= 11 is 0. The number of carbonyl (C=O) groups excluding carboxylic acids is 1. The van der Waals surface area contributed by atoms with Crippen molar-refractivity contribution < 1.29 is 33.6 Å². The predicted molar refractivity (Wildman–Crippen MR) is 112 cm³/mol. The van der Waals surface area contributed by atoms with E-state index >= 15 is 0 Å². The number of benzene rings is 3. The summed E-state index contributed by atoms with van der Waals surface area (Å²) in [7, 11) is 0. The fourth-order valence-electron chi connectivity index (χ4n) is 3.99. The monoisotopic (exact) mass is 441 g/mol. The number of phenolic OH excluding ortho intramolecular Hbond substituents is 1. The van der Waals surface area contributed by atoms with E-state index in [4.69, 9.17) is 4.74 Å². The minimum Gasteiger partial charge on any atom is -0.508 e. The van der Waals surface area contributed by atoms with Gasteiger partial charge < -0.3 is 25.4 Å². The highest BCUT2D eigenvalue weighted by molar-refractivity contribution is 5.79. The molecule has 1 aliphatic carbocycles. The molecule has 0 aliphatic heterocycles. The van der Waals surface area contributed by atoms with Crippen LogP contribution in [0.15, 0.2) is 60.7 Å². The van der Waals surface area contributed by atoms with E-state index in [1.165, 1.54) is 0 Å². The molecule has 0 spiro atoms. The molecule has 3 aromatic rings. The van der Waals surface area contributed by atoms with Gasteiger partial charge in [-0.05, 0) is 22.3 Å². The van der Waals surface area contributed by atoms with Gasteiger partial charge in [-0.3, -0.25) is 0 Å². The third kappa shape index (κ3) is 4.15. The van der Waals surface area contributed by atoms with E-state index < -0.39 is 47.8 Å². The van der Waals surface area contributed by atoms with Crippen molar-refractivity contribution in [3.05, 3.63) is 89.0 Å². The maximum atomic E-state index is 13.9. The van der Waals surface area contributed by atoms with Crippen LogP contribution in [0.4, 0.5) is 13.6 Å². The van der Waals surface area contributed by atoms with Crippen molar-refractivity contribution in [1.29, 1.82) is 0 Å². The van der Waals surface area contributed by atoms with Crippen LogP contribution in [0.25, 0.3) is 11.1 Å². The molecule has 0 bridgehead atoms. The normalized spacial score (nSPS) is 14.4. The second-order valence-corrected chi connectivity index (χ2v) is 7.54. The maximum absolute atomic E-state index is 13.9. The van der Waals surface area contributed by atoms with E-state index in [1.807, 2.05) is 48.5 Å². The molecule has 0 saturated heterocycles. The molecule has 4 N–H and O–H groups in total. The third-order valence-corrected chi connectivity index (χ3v) is 5.52. The number of alkyl carbamates (subject to hydrolysis) is 1. The summed E-state index contributed by atoms with van der Waals surface area (Å²) in [6.45, 7) is -0.447. The Bertz CT molecular complexity index is 1080. The molecular weight excluding hydrogens is 420 g/mol. The quantitative estimate of drug-likeness (QED) is 0.469. The van der Waals surface area contributed by atoms with Crippen molar-refractivity contribution in [2.24, 2.45) is 0 Å². The number of halogens is 2. The average molecular weight is 441 g/mol. The van der Waals surface area contributed by atoms with Crippen molar-refractivity contribution in [2.45, 2.75) is 18.1 Å². The summed E-state index contributed by atoms with van der Waals surface area (Å²) in [6.07, 6.45) is -4.50. The van der Waals surface area contributed by atoms with E-state index in [2.05, 4.69) is 5.32 Å². The summed E-state index contributed by atoms with van der Waals surface area (Å²) in [5, 5.41) is 31.6. The molecule has 0 fully saturated rings. The molecule has 1 amide bonds. The van der Waals surface area contributed by atoms with Crippen LogP contribution in [0, 0.1) is 11.6 Å². The van der Waals surface area contributed by atoms with Gasteiger partial charge in [-0.25, -0.2) is 13.6 Å². The number of aliphatic hydroxyl groups excluding tert-OH is 2. The van der Waals surface area contributed by atoms with Crippen molar-refractivity contribution in [3.63, 3.8) is 0 Å². The zero-order chi connectivity index (χ0) is 22.8. The Hall–Kier alpha value is -3.49. The van der Waals surface area contributed by atoms with Crippen LogP contribution in [0.5, 0.6) is 5.75 Å². The van der Waals surface area contributed by atoms with Crippen molar-refractivity contribution in [3.8, 4) is 16.9 Å². The number of hydrogen-bond donors (Lipinski definition) is 4. The van der Waals surface area contributed by atoms with Gasteiger partial charge in [0, 0.05) is 24.6 Å². The second kappa shape index (κ2) is 8.94. The Morgan fingerprint density at radius 2 is 1.50 bits per heavy atom. The number of hydrogen-bond acceptors (Lipinski definition) is 5. The van der Waals surface area contributed by atoms with E-state index in [9.17, 15) is 28.9 Å². The fraction of sp³-hybridized carbons (Fsp3) is 0.208. The number of aliphatic hydroxyl groups is 2. The zero-order valence-electron chi connectivity index (χ0n) is 16.8. The van der Waals surface area contributed by atoms with Gasteiger partial charge in [-0.15, -0.1) is 0 Å². The van der Waals surface area contributed by atoms with Gasteiger partial charge in [-0.2, -0.15) is 0 Å². The van der Waals surface area contributed by atoms with Gasteiger partial charge in [-0.1, -0.05) is 48.5 Å². The van der Waals surface area contributed by atoms with Crippen LogP contribution in [0.3, 0.4) is 0 Å². The molecule has 3 aromatic carbocycles. The number of carbonyl (C=O) groups is 1. The van der Waals surface area contributed by atoms with E-state index in [-0.39, 0.29) is 12.5 Å². The van der Waals surface area contributed by atoms with Crippen LogP contribution in [0.1, 0.15) is 28.7 Å². The Labute approximate surface area is 182 Å². The van der Waals surface area contributed by atoms with Gasteiger partial charge >= 0.3 is 6.09 Å². The number of aromatic hydroxyl groups is 1. The first-order valence-electron chi connectivity index (χ1n) is 9.99. The summed E-state index contributed by atoms with van der Waals surface area (Å²) in [4.78, 5) is 12.2. The first-order valence-corrected chi connectivity index (χ1v) is 9.99. The Kier molecular flexibility index (Phi) is 6.07. The van der Waals surface area contributed by atoms with Gasteiger partial charge in [0.15, 0.2) is 0 Å². The maximum Gasteiger partial charge on any atom is 0.407 e. The zero-order valence-corrected chi connectivity index (χ0v) is 16.8. The molecule has 0 aromatic heterocycles. The van der Waals surface area contributed by atoms with Gasteiger partial charge in [0.2, 0.25) is 0 Å². The first kappa shape index (κ1) is 21.7. The predicted octanol–water partition coefficient (Wildman–Crippen LogP) is 3.60. The molecule has 0 radical (unpaired) electrons. The lowest BCUT2D eigenvalue weighted by molar-refractivity contribution is 0.0143. The SMILES string of the molecule is O=C(NCC(O)C(O)c1c(F)cc(O)cc1F)OCC1c2ccccc2-c2ccccc21. The lowest BCUT2D eigenvalue weighted by Gasteiger charge is -2.20. The second-order valence-electron chi connectivity index (χ2n) is 7.54. The Morgan fingerprint density at radius 1 is 0.969 bits per heavy atom. The highest BCUT2D eigenvalue weighted by Gasteiger charge is 2.30. The van der Waals surface area contributed by atoms with Crippen LogP contribution in [-0.4, -0.2) is 40.7 Å². The summed E-state index contributed by atoms with van der Waals surface area (Å²) < 4.78 is 33.1. The summed E-state index contributed by atoms with van der Waals surface area (Å²) in [6, 6.07) is 16.9. The number of rotatable bonds is 6. The lowest BCUT2D eigenvalue weighted by Crippen LogP contribution is -2.36. The smallest absolute Gasteiger partial charge is 0.407 e.